The minimum Gasteiger partial charge on any atom is -0.850 e. The van der Waals surface area contributed by atoms with Crippen LogP contribution in [0.3, 0.4) is 0 Å². The second-order valence-electron chi connectivity index (χ2n) is 12.3. The van der Waals surface area contributed by atoms with E-state index < -0.39 is 11.6 Å². The number of halogens is 7. The number of rotatable bonds is 3. The summed E-state index contributed by atoms with van der Waals surface area (Å²) in [5.41, 5.74) is 4.36. The number of hydrogen-bond acceptors (Lipinski definition) is 5. The summed E-state index contributed by atoms with van der Waals surface area (Å²) in [6.07, 6.45) is 0.475. The molecule has 4 aromatic carbocycles. The van der Waals surface area contributed by atoms with Crippen LogP contribution in [0.25, 0.3) is 0 Å². The number of carbonyl (C=O) groups is 2. The first-order chi connectivity index (χ1) is 24.4. The van der Waals surface area contributed by atoms with E-state index in [2.05, 4.69) is 63.8 Å². The Bertz CT molecular complexity index is 1950. The fraction of sp³-hybridized carbons (Fsp3) is 0.263. The maximum absolute atomic E-state index is 12.8. The van der Waals surface area contributed by atoms with Crippen molar-refractivity contribution in [3.8, 4) is 0 Å². The van der Waals surface area contributed by atoms with E-state index in [1.54, 1.807) is 76.2 Å². The monoisotopic (exact) mass is 1010 g/mol. The van der Waals surface area contributed by atoms with Crippen LogP contribution in [0.5, 0.6) is 0 Å². The van der Waals surface area contributed by atoms with Gasteiger partial charge < -0.3 is 14.9 Å². The number of benzodiazepines with no additional fused rings is 2. The van der Waals surface area contributed by atoms with Crippen molar-refractivity contribution < 1.29 is 66.1 Å². The van der Waals surface area contributed by atoms with E-state index in [0.29, 0.717) is 43.6 Å². The zero-order valence-electron chi connectivity index (χ0n) is 29.9. The molecule has 2 aliphatic heterocycles. The molecule has 15 heteroatoms. The summed E-state index contributed by atoms with van der Waals surface area (Å²) < 4.78 is 2.12. The number of anilines is 2. The number of amides is 2. The standard InChI is InChI=1S/C17H13BrCl2N2O.C10H8Cl2N2O.C7H6Br2.C4H9O.K/c1-22-15-7-6-11(19)9-12(15)16(20)21-14(17(22)23)8-10-4-2-3-5-13(10)18;1-14-8-3-2-6(11)4-7(8)10(12)13-5-9(14)15;8-5-6-3-1-2-4-7(6)9;1-4(2,3)5;/h2-7,9,14H,8H2,1H3;2-4H,5H2,1H3;1-4H,5H2;1-3H3;/q;;;-1;+1. The molecule has 4 aromatic rings. The Labute approximate surface area is 399 Å². The van der Waals surface area contributed by atoms with Gasteiger partial charge >= 0.3 is 51.4 Å². The Morgan fingerprint density at radius 2 is 1.21 bits per heavy atom. The Balaban J connectivity index is 0.000000278. The van der Waals surface area contributed by atoms with E-state index in [-0.39, 0.29) is 69.7 Å². The second kappa shape index (κ2) is 22.9. The minimum absolute atomic E-state index is 0. The molecule has 1 atom stereocenters. The minimum atomic E-state index is -0.750. The van der Waals surface area contributed by atoms with E-state index in [4.69, 9.17) is 46.4 Å². The molecule has 276 valence electrons. The molecule has 1 unspecified atom stereocenters. The van der Waals surface area contributed by atoms with E-state index in [1.807, 2.05) is 42.5 Å². The molecule has 0 N–H and O–H groups in total. The van der Waals surface area contributed by atoms with Crippen molar-refractivity contribution in [1.29, 1.82) is 0 Å². The maximum atomic E-state index is 12.8. The normalized spacial score (nSPS) is 14.8. The zero-order chi connectivity index (χ0) is 38.7. The van der Waals surface area contributed by atoms with Gasteiger partial charge in [-0.15, -0.1) is 5.60 Å². The summed E-state index contributed by atoms with van der Waals surface area (Å²) in [6, 6.07) is 25.8. The largest absolute Gasteiger partial charge is 1.00 e. The quantitative estimate of drug-likeness (QED) is 0.158. The van der Waals surface area contributed by atoms with E-state index in [0.717, 1.165) is 21.1 Å². The molecule has 0 fully saturated rings. The SMILES string of the molecule is BrCc1ccccc1Br.CC(C)(C)[O-].CN1C(=O)C(Cc2ccccc2Br)N=C(Cl)c2cc(Cl)ccc21.CN1C(=O)CN=C(Cl)c2cc(Cl)ccc21.[K+]. The smallest absolute Gasteiger partial charge is 0.850 e. The summed E-state index contributed by atoms with van der Waals surface area (Å²) in [5.74, 6) is -0.186. The van der Waals surface area contributed by atoms with Crippen molar-refractivity contribution in [3.05, 3.63) is 126 Å². The fourth-order valence-electron chi connectivity index (χ4n) is 4.61. The van der Waals surface area contributed by atoms with Crippen LogP contribution < -0.4 is 66.3 Å². The average molecular weight is 1020 g/mol. The first-order valence-corrected chi connectivity index (χ1v) is 19.9. The zero-order valence-corrected chi connectivity index (χ0v) is 40.8. The van der Waals surface area contributed by atoms with Crippen LogP contribution in [0.15, 0.2) is 104 Å². The first kappa shape index (κ1) is 48.5. The Hall–Kier alpha value is -0.644. The van der Waals surface area contributed by atoms with Gasteiger partial charge in [-0.2, -0.15) is 0 Å². The molecule has 0 radical (unpaired) electrons. The molecule has 2 aliphatic rings. The Morgan fingerprint density at radius 3 is 1.68 bits per heavy atom. The van der Waals surface area contributed by atoms with Crippen LogP contribution in [-0.2, 0) is 21.3 Å². The van der Waals surface area contributed by atoms with Crippen molar-refractivity contribution in [2.75, 3.05) is 30.4 Å². The summed E-state index contributed by atoms with van der Waals surface area (Å²) in [7, 11) is 3.42. The molecule has 2 amide bonds. The molecular formula is C38H36Br3Cl4KN4O3. The van der Waals surface area contributed by atoms with Gasteiger partial charge in [0.2, 0.25) is 5.91 Å². The van der Waals surface area contributed by atoms with Crippen LogP contribution in [0.1, 0.15) is 43.0 Å². The van der Waals surface area contributed by atoms with Crippen LogP contribution >= 0.6 is 94.2 Å². The van der Waals surface area contributed by atoms with Gasteiger partial charge in [-0.3, -0.25) is 19.6 Å². The third-order valence-electron chi connectivity index (χ3n) is 7.17. The number of alkyl halides is 1. The Morgan fingerprint density at radius 1 is 0.755 bits per heavy atom. The van der Waals surface area contributed by atoms with Crippen molar-refractivity contribution in [2.45, 2.75) is 44.2 Å². The van der Waals surface area contributed by atoms with Crippen molar-refractivity contribution >= 4 is 128 Å². The van der Waals surface area contributed by atoms with Crippen molar-refractivity contribution in [3.63, 3.8) is 0 Å². The van der Waals surface area contributed by atoms with Crippen molar-refractivity contribution in [1.82, 2.24) is 0 Å². The summed E-state index contributed by atoms with van der Waals surface area (Å²) in [5, 5.41) is 12.8. The third-order valence-corrected chi connectivity index (χ3v) is 10.4. The van der Waals surface area contributed by atoms with Gasteiger partial charge in [0.05, 0.1) is 11.4 Å². The van der Waals surface area contributed by atoms with E-state index >= 15 is 0 Å². The third kappa shape index (κ3) is 15.3. The summed E-state index contributed by atoms with van der Waals surface area (Å²) >= 11 is 34.5. The molecule has 0 aliphatic carbocycles. The van der Waals surface area contributed by atoms with Gasteiger partial charge in [0.25, 0.3) is 5.91 Å². The summed E-state index contributed by atoms with van der Waals surface area (Å²) in [6.45, 7) is 4.97. The molecule has 53 heavy (non-hydrogen) atoms. The summed E-state index contributed by atoms with van der Waals surface area (Å²) in [4.78, 5) is 35.8. The number of carbonyl (C=O) groups excluding carboxylic acids is 2. The van der Waals surface area contributed by atoms with Crippen LogP contribution in [0.2, 0.25) is 10.0 Å². The maximum Gasteiger partial charge on any atom is 1.00 e. The van der Waals surface area contributed by atoms with E-state index in [1.165, 1.54) is 14.9 Å². The average Bonchev–Trinajstić information content (AvgIpc) is 3.25. The second-order valence-corrected chi connectivity index (χ2v) is 16.2. The number of likely N-dealkylation sites (N-methyl/N-ethyl adjacent to an activating group) is 2. The van der Waals surface area contributed by atoms with Gasteiger partial charge in [-0.25, -0.2) is 0 Å². The van der Waals surface area contributed by atoms with Crippen LogP contribution in [0.4, 0.5) is 11.4 Å². The number of aliphatic imine (C=N–C) groups is 2. The molecule has 6 rings (SSSR count). The molecule has 0 bridgehead atoms. The van der Waals surface area contributed by atoms with Gasteiger partial charge in [-0.05, 0) is 59.7 Å². The molecule has 2 heterocycles. The van der Waals surface area contributed by atoms with Crippen LogP contribution in [-0.4, -0.2) is 54.4 Å². The molecule has 0 aromatic heterocycles. The molecule has 0 saturated heterocycles. The fourth-order valence-corrected chi connectivity index (χ4v) is 7.17. The first-order valence-electron chi connectivity index (χ1n) is 15.7. The number of hydrogen-bond donors (Lipinski definition) is 0. The Kier molecular flexibility index (Phi) is 21.0. The number of fused-ring (bicyclic) bond motifs is 2. The van der Waals surface area contributed by atoms with Crippen LogP contribution in [0, 0.1) is 0 Å². The predicted molar refractivity (Wildman–Crippen MR) is 228 cm³/mol. The van der Waals surface area contributed by atoms with Gasteiger partial charge in [-0.1, -0.05) is 151 Å². The van der Waals surface area contributed by atoms with E-state index in [9.17, 15) is 14.7 Å². The predicted octanol–water partition coefficient (Wildman–Crippen LogP) is 7.47. The molecule has 0 spiro atoms. The number of benzene rings is 4. The van der Waals surface area contributed by atoms with Gasteiger partial charge in [0.1, 0.15) is 22.9 Å². The molecule has 0 saturated carbocycles. The van der Waals surface area contributed by atoms with Gasteiger partial charge in [0.15, 0.2) is 0 Å². The molecular weight excluding hydrogens is 981 g/mol. The van der Waals surface area contributed by atoms with Crippen molar-refractivity contribution in [2.24, 2.45) is 9.98 Å². The van der Waals surface area contributed by atoms with Gasteiger partial charge in [0, 0.05) is 56.0 Å². The molecule has 7 nitrogen and oxygen atoms in total. The number of nitrogens with zero attached hydrogens (tertiary/aromatic N) is 4. The topological polar surface area (TPSA) is 88.4 Å².